The Labute approximate surface area is 114 Å². The lowest BCUT2D eigenvalue weighted by Gasteiger charge is -2.12. The first kappa shape index (κ1) is 14.0. The summed E-state index contributed by atoms with van der Waals surface area (Å²) in [6.07, 6.45) is 3.30. The summed E-state index contributed by atoms with van der Waals surface area (Å²) in [7, 11) is 0. The lowest BCUT2D eigenvalue weighted by atomic mass is 10.1. The van der Waals surface area contributed by atoms with Crippen molar-refractivity contribution in [2.24, 2.45) is 5.73 Å². The van der Waals surface area contributed by atoms with Crippen molar-refractivity contribution >= 4 is 5.91 Å². The Balaban J connectivity index is 1.65. The molecule has 104 valence electrons. The van der Waals surface area contributed by atoms with Crippen molar-refractivity contribution in [1.29, 1.82) is 0 Å². The maximum atomic E-state index is 11.8. The van der Waals surface area contributed by atoms with E-state index in [0.717, 1.165) is 31.4 Å². The van der Waals surface area contributed by atoms with Gasteiger partial charge in [0.2, 0.25) is 0 Å². The van der Waals surface area contributed by atoms with Gasteiger partial charge in [-0.3, -0.25) is 4.79 Å². The van der Waals surface area contributed by atoms with Crippen molar-refractivity contribution in [2.75, 3.05) is 13.1 Å². The van der Waals surface area contributed by atoms with E-state index in [0.29, 0.717) is 24.2 Å². The van der Waals surface area contributed by atoms with Gasteiger partial charge in [-0.25, -0.2) is 0 Å². The third-order valence-electron chi connectivity index (χ3n) is 3.63. The normalized spacial score (nSPS) is 22.4. The van der Waals surface area contributed by atoms with Gasteiger partial charge < -0.3 is 16.4 Å². The number of benzene rings is 1. The second kappa shape index (κ2) is 6.68. The van der Waals surface area contributed by atoms with Gasteiger partial charge in [0.05, 0.1) is 0 Å². The molecule has 1 aromatic rings. The fourth-order valence-electron chi connectivity index (χ4n) is 2.46. The molecule has 0 bridgehead atoms. The molecule has 0 saturated heterocycles. The summed E-state index contributed by atoms with van der Waals surface area (Å²) >= 11 is 0. The van der Waals surface area contributed by atoms with Crippen LogP contribution in [-0.2, 0) is 0 Å². The van der Waals surface area contributed by atoms with Crippen LogP contribution in [0.25, 0.3) is 0 Å². The molecule has 0 aromatic heterocycles. The number of rotatable bonds is 5. The summed E-state index contributed by atoms with van der Waals surface area (Å²) in [5.74, 6) is -0.00933. The largest absolute Gasteiger partial charge is 0.351 e. The van der Waals surface area contributed by atoms with Gasteiger partial charge in [-0.15, -0.1) is 0 Å². The van der Waals surface area contributed by atoms with E-state index in [9.17, 15) is 4.79 Å². The van der Waals surface area contributed by atoms with Gasteiger partial charge in [-0.2, -0.15) is 0 Å². The van der Waals surface area contributed by atoms with Gasteiger partial charge >= 0.3 is 0 Å². The average molecular weight is 261 g/mol. The van der Waals surface area contributed by atoms with Crippen LogP contribution in [0.5, 0.6) is 0 Å². The van der Waals surface area contributed by atoms with Crippen molar-refractivity contribution < 1.29 is 4.79 Å². The molecule has 1 aliphatic rings. The molecule has 0 heterocycles. The van der Waals surface area contributed by atoms with Crippen LogP contribution in [0.4, 0.5) is 0 Å². The molecular weight excluding hydrogens is 238 g/mol. The van der Waals surface area contributed by atoms with E-state index in [1.165, 1.54) is 0 Å². The SMILES string of the molecule is Cc1ccc(C(=O)NCCNC2CCC(N)C2)cc1. The first-order chi connectivity index (χ1) is 9.15. The van der Waals surface area contributed by atoms with Crippen molar-refractivity contribution in [3.8, 4) is 0 Å². The minimum absolute atomic E-state index is 0.00933. The second-order valence-electron chi connectivity index (χ2n) is 5.35. The molecular formula is C15H23N3O. The molecule has 19 heavy (non-hydrogen) atoms. The Morgan fingerprint density at radius 3 is 2.63 bits per heavy atom. The van der Waals surface area contributed by atoms with E-state index in [4.69, 9.17) is 5.73 Å². The van der Waals surface area contributed by atoms with Crippen LogP contribution in [0.2, 0.25) is 0 Å². The standard InChI is InChI=1S/C15H23N3O/c1-11-2-4-12(5-3-11)15(19)18-9-8-17-14-7-6-13(16)10-14/h2-5,13-14,17H,6-10,16H2,1H3,(H,18,19). The van der Waals surface area contributed by atoms with Crippen LogP contribution in [0.3, 0.4) is 0 Å². The Bertz CT molecular complexity index is 416. The number of amides is 1. The van der Waals surface area contributed by atoms with Crippen LogP contribution in [0.15, 0.2) is 24.3 Å². The van der Waals surface area contributed by atoms with Crippen LogP contribution < -0.4 is 16.4 Å². The fraction of sp³-hybridized carbons (Fsp3) is 0.533. The number of nitrogens with two attached hydrogens (primary N) is 1. The van der Waals surface area contributed by atoms with Crippen molar-refractivity contribution in [1.82, 2.24) is 10.6 Å². The van der Waals surface area contributed by atoms with E-state index >= 15 is 0 Å². The molecule has 1 aliphatic carbocycles. The summed E-state index contributed by atoms with van der Waals surface area (Å²) in [5, 5.41) is 6.35. The minimum atomic E-state index is -0.00933. The quantitative estimate of drug-likeness (QED) is 0.698. The Morgan fingerprint density at radius 2 is 2.00 bits per heavy atom. The monoisotopic (exact) mass is 261 g/mol. The zero-order chi connectivity index (χ0) is 13.7. The lowest BCUT2D eigenvalue weighted by Crippen LogP contribution is -2.36. The summed E-state index contributed by atoms with van der Waals surface area (Å²) < 4.78 is 0. The molecule has 1 saturated carbocycles. The topological polar surface area (TPSA) is 67.2 Å². The minimum Gasteiger partial charge on any atom is -0.351 e. The number of aryl methyl sites for hydroxylation is 1. The summed E-state index contributed by atoms with van der Waals surface area (Å²) in [4.78, 5) is 11.8. The number of carbonyl (C=O) groups is 1. The number of hydrogen-bond acceptors (Lipinski definition) is 3. The molecule has 4 nitrogen and oxygen atoms in total. The van der Waals surface area contributed by atoms with E-state index in [1.807, 2.05) is 31.2 Å². The number of nitrogens with one attached hydrogen (secondary N) is 2. The zero-order valence-corrected chi connectivity index (χ0v) is 11.5. The second-order valence-corrected chi connectivity index (χ2v) is 5.35. The van der Waals surface area contributed by atoms with Gasteiger partial charge in [0, 0.05) is 30.7 Å². The van der Waals surface area contributed by atoms with Gasteiger partial charge in [0.15, 0.2) is 0 Å². The molecule has 1 fully saturated rings. The van der Waals surface area contributed by atoms with Crippen LogP contribution >= 0.6 is 0 Å². The van der Waals surface area contributed by atoms with Gasteiger partial charge in [0.1, 0.15) is 0 Å². The highest BCUT2D eigenvalue weighted by Gasteiger charge is 2.20. The highest BCUT2D eigenvalue weighted by atomic mass is 16.1. The van der Waals surface area contributed by atoms with E-state index in [2.05, 4.69) is 10.6 Å². The lowest BCUT2D eigenvalue weighted by molar-refractivity contribution is 0.0953. The van der Waals surface area contributed by atoms with Gasteiger partial charge in [-0.1, -0.05) is 17.7 Å². The molecule has 2 unspecified atom stereocenters. The molecule has 2 rings (SSSR count). The third kappa shape index (κ3) is 4.33. The maximum absolute atomic E-state index is 11.8. The summed E-state index contributed by atoms with van der Waals surface area (Å²) in [6.45, 7) is 3.46. The van der Waals surface area contributed by atoms with Crippen molar-refractivity contribution in [2.45, 2.75) is 38.3 Å². The molecule has 0 radical (unpaired) electrons. The summed E-state index contributed by atoms with van der Waals surface area (Å²) in [5.41, 5.74) is 7.73. The Hall–Kier alpha value is -1.39. The molecule has 1 aromatic carbocycles. The Morgan fingerprint density at radius 1 is 1.26 bits per heavy atom. The molecule has 0 spiro atoms. The highest BCUT2D eigenvalue weighted by molar-refractivity contribution is 5.94. The highest BCUT2D eigenvalue weighted by Crippen LogP contribution is 2.16. The molecule has 1 amide bonds. The van der Waals surface area contributed by atoms with E-state index in [1.54, 1.807) is 0 Å². The van der Waals surface area contributed by atoms with E-state index < -0.39 is 0 Å². The predicted molar refractivity (Wildman–Crippen MR) is 77.1 cm³/mol. The molecule has 4 N–H and O–H groups in total. The zero-order valence-electron chi connectivity index (χ0n) is 11.5. The third-order valence-corrected chi connectivity index (χ3v) is 3.63. The number of carbonyl (C=O) groups excluding carboxylic acids is 1. The van der Waals surface area contributed by atoms with Crippen molar-refractivity contribution in [3.63, 3.8) is 0 Å². The van der Waals surface area contributed by atoms with Crippen LogP contribution in [0, 0.1) is 6.92 Å². The molecule has 2 atom stereocenters. The first-order valence-electron chi connectivity index (χ1n) is 6.99. The predicted octanol–water partition coefficient (Wildman–Crippen LogP) is 1.19. The van der Waals surface area contributed by atoms with Crippen LogP contribution in [-0.4, -0.2) is 31.1 Å². The molecule has 0 aliphatic heterocycles. The Kier molecular flexibility index (Phi) is 4.93. The maximum Gasteiger partial charge on any atom is 0.251 e. The van der Waals surface area contributed by atoms with Crippen molar-refractivity contribution in [3.05, 3.63) is 35.4 Å². The van der Waals surface area contributed by atoms with Crippen LogP contribution in [0.1, 0.15) is 35.2 Å². The average Bonchev–Trinajstić information content (AvgIpc) is 2.81. The van der Waals surface area contributed by atoms with E-state index in [-0.39, 0.29) is 5.91 Å². The first-order valence-corrected chi connectivity index (χ1v) is 6.99. The molecule has 4 heteroatoms. The fourth-order valence-corrected chi connectivity index (χ4v) is 2.46. The van der Waals surface area contributed by atoms with Gasteiger partial charge in [0.25, 0.3) is 5.91 Å². The van der Waals surface area contributed by atoms with Gasteiger partial charge in [-0.05, 0) is 38.3 Å². The summed E-state index contributed by atoms with van der Waals surface area (Å²) in [6, 6.07) is 8.48. The smallest absolute Gasteiger partial charge is 0.251 e. The number of hydrogen-bond donors (Lipinski definition) is 3.